The van der Waals surface area contributed by atoms with E-state index in [9.17, 15) is 19.7 Å². The molecule has 5 aromatic rings. The maximum atomic E-state index is 14.2. The molecule has 1 atom stereocenters. The summed E-state index contributed by atoms with van der Waals surface area (Å²) in [4.78, 5) is 44.3. The van der Waals surface area contributed by atoms with Crippen molar-refractivity contribution in [1.29, 1.82) is 0 Å². The van der Waals surface area contributed by atoms with Crippen LogP contribution >= 0.6 is 11.3 Å². The van der Waals surface area contributed by atoms with Gasteiger partial charge in [-0.05, 0) is 48.9 Å². The first kappa shape index (κ1) is 29.7. The first-order valence-corrected chi connectivity index (χ1v) is 15.3. The van der Waals surface area contributed by atoms with E-state index in [1.165, 1.54) is 17.7 Å². The normalized spacial score (nSPS) is 15.3. The van der Waals surface area contributed by atoms with Crippen LogP contribution in [0.4, 0.5) is 5.69 Å². The molecule has 13 heteroatoms. The maximum Gasteiger partial charge on any atom is 0.338 e. The molecule has 0 amide bonds. The molecule has 7 rings (SSSR count). The summed E-state index contributed by atoms with van der Waals surface area (Å²) in [6.45, 7) is 1.89. The molecule has 0 saturated heterocycles. The fraction of sp³-hybridized carbons (Fsp3) is 0.147. The van der Waals surface area contributed by atoms with Gasteiger partial charge in [-0.25, -0.2) is 9.79 Å². The molecule has 0 N–H and O–H groups in total. The van der Waals surface area contributed by atoms with Crippen molar-refractivity contribution in [2.75, 3.05) is 20.5 Å². The number of carbonyl (C=O) groups is 1. The number of nitro benzene ring substituents is 1. The number of methoxy groups -OCH3 is 1. The Morgan fingerprint density at radius 3 is 2.66 bits per heavy atom. The highest BCUT2D eigenvalue weighted by molar-refractivity contribution is 7.07. The second-order valence-electron chi connectivity index (χ2n) is 10.4. The molecule has 0 aliphatic carbocycles. The van der Waals surface area contributed by atoms with Crippen molar-refractivity contribution in [1.82, 2.24) is 4.57 Å². The van der Waals surface area contributed by atoms with Crippen LogP contribution in [0.5, 0.6) is 17.2 Å². The summed E-state index contributed by atoms with van der Waals surface area (Å²) < 4.78 is 29.5. The number of benzene rings is 3. The molecule has 47 heavy (non-hydrogen) atoms. The second kappa shape index (κ2) is 12.1. The molecular formula is C34H25N3O9S. The number of carbonyl (C=O) groups excluding carboxylic acids is 1. The van der Waals surface area contributed by atoms with Gasteiger partial charge in [0, 0.05) is 11.6 Å². The lowest BCUT2D eigenvalue weighted by atomic mass is 9.93. The number of furan rings is 1. The zero-order valence-electron chi connectivity index (χ0n) is 25.0. The van der Waals surface area contributed by atoms with Gasteiger partial charge in [-0.1, -0.05) is 47.7 Å². The first-order chi connectivity index (χ1) is 22.9. The number of fused-ring (bicyclic) bond motifs is 2. The molecule has 2 aliphatic heterocycles. The standard InChI is InChI=1S/C34H25N3O9S/c1-3-43-33(39)29-30(19-7-5-4-6-8-19)35-34-36(31(29)20-9-13-26-27(15-20)45-18-44-26)32(38)28(47-34)17-22-11-14-25(46-22)23-12-10-21(42-2)16-24(23)37(40)41/h4-17,31H,3,18H2,1-2H3/b28-17-. The van der Waals surface area contributed by atoms with Gasteiger partial charge in [0.2, 0.25) is 6.79 Å². The molecule has 3 aromatic carbocycles. The summed E-state index contributed by atoms with van der Waals surface area (Å²) in [5.74, 6) is 1.31. The van der Waals surface area contributed by atoms with Crippen molar-refractivity contribution in [2.45, 2.75) is 13.0 Å². The summed E-state index contributed by atoms with van der Waals surface area (Å²) >= 11 is 1.13. The minimum atomic E-state index is -0.911. The van der Waals surface area contributed by atoms with E-state index in [-0.39, 0.29) is 40.5 Å². The number of nitro groups is 1. The number of aromatic nitrogens is 1. The fourth-order valence-corrected chi connectivity index (χ4v) is 6.52. The van der Waals surface area contributed by atoms with Gasteiger partial charge in [0.15, 0.2) is 16.3 Å². The minimum absolute atomic E-state index is 0.0577. The monoisotopic (exact) mass is 651 g/mol. The van der Waals surface area contributed by atoms with Crippen LogP contribution < -0.4 is 29.1 Å². The van der Waals surface area contributed by atoms with Gasteiger partial charge >= 0.3 is 5.97 Å². The van der Waals surface area contributed by atoms with E-state index in [0.29, 0.717) is 44.6 Å². The van der Waals surface area contributed by atoms with Crippen LogP contribution in [0.2, 0.25) is 0 Å². The van der Waals surface area contributed by atoms with Gasteiger partial charge in [0.05, 0.1) is 52.1 Å². The van der Waals surface area contributed by atoms with Crippen LogP contribution in [0.15, 0.2) is 98.6 Å². The number of hydrogen-bond donors (Lipinski definition) is 0. The quantitative estimate of drug-likeness (QED) is 0.131. The lowest BCUT2D eigenvalue weighted by Gasteiger charge is -2.26. The SMILES string of the molecule is CCOC(=O)C1=C(c2ccccc2)N=c2s/c(=C\c3ccc(-c4ccc(OC)cc4[N+](=O)[O-])o3)c(=O)n2C1c1ccc2c(c1)OCO2. The average Bonchev–Trinajstić information content (AvgIpc) is 3.83. The van der Waals surface area contributed by atoms with Gasteiger partial charge in [0.25, 0.3) is 11.2 Å². The zero-order valence-corrected chi connectivity index (χ0v) is 25.8. The number of hydrogen-bond acceptors (Lipinski definition) is 11. The number of nitrogens with zero attached hydrogens (tertiary/aromatic N) is 3. The molecule has 1 unspecified atom stereocenters. The Morgan fingerprint density at radius 1 is 1.09 bits per heavy atom. The molecular weight excluding hydrogens is 626 g/mol. The van der Waals surface area contributed by atoms with E-state index in [0.717, 1.165) is 11.3 Å². The Kier molecular flexibility index (Phi) is 7.66. The van der Waals surface area contributed by atoms with E-state index >= 15 is 0 Å². The van der Waals surface area contributed by atoms with Gasteiger partial charge in [-0.3, -0.25) is 19.5 Å². The summed E-state index contributed by atoms with van der Waals surface area (Å²) in [6.07, 6.45) is 1.55. The lowest BCUT2D eigenvalue weighted by molar-refractivity contribution is -0.384. The van der Waals surface area contributed by atoms with Crippen molar-refractivity contribution in [3.8, 4) is 28.6 Å². The van der Waals surface area contributed by atoms with Crippen LogP contribution in [0.1, 0.15) is 29.9 Å². The van der Waals surface area contributed by atoms with Crippen LogP contribution in [0, 0.1) is 10.1 Å². The first-order valence-electron chi connectivity index (χ1n) is 14.5. The molecule has 2 aromatic heterocycles. The number of ether oxygens (including phenoxy) is 4. The Bertz CT molecular complexity index is 2270. The molecule has 0 spiro atoms. The van der Waals surface area contributed by atoms with Crippen molar-refractivity contribution >= 4 is 34.8 Å². The average molecular weight is 652 g/mol. The van der Waals surface area contributed by atoms with E-state index in [2.05, 4.69) is 0 Å². The van der Waals surface area contributed by atoms with Crippen LogP contribution in [0.25, 0.3) is 23.1 Å². The van der Waals surface area contributed by atoms with Gasteiger partial charge in [0.1, 0.15) is 17.3 Å². The smallest absolute Gasteiger partial charge is 0.338 e. The molecule has 12 nitrogen and oxygen atoms in total. The highest BCUT2D eigenvalue weighted by Gasteiger charge is 2.36. The molecule has 2 aliphatic rings. The maximum absolute atomic E-state index is 14.2. The third kappa shape index (κ3) is 5.36. The fourth-order valence-electron chi connectivity index (χ4n) is 5.54. The summed E-state index contributed by atoms with van der Waals surface area (Å²) in [5.41, 5.74) is 1.50. The van der Waals surface area contributed by atoms with E-state index in [1.54, 1.807) is 55.5 Å². The second-order valence-corrected chi connectivity index (χ2v) is 11.4. The van der Waals surface area contributed by atoms with Gasteiger partial charge < -0.3 is 23.4 Å². The Morgan fingerprint density at radius 2 is 1.89 bits per heavy atom. The van der Waals surface area contributed by atoms with Crippen LogP contribution in [0.3, 0.4) is 0 Å². The Hall–Kier alpha value is -5.95. The molecule has 4 heterocycles. The van der Waals surface area contributed by atoms with Crippen molar-refractivity contribution in [2.24, 2.45) is 4.99 Å². The van der Waals surface area contributed by atoms with Gasteiger partial charge in [-0.15, -0.1) is 0 Å². The number of thiazole rings is 1. The third-order valence-corrected chi connectivity index (χ3v) is 8.64. The van der Waals surface area contributed by atoms with Crippen LogP contribution in [-0.4, -0.2) is 36.0 Å². The third-order valence-electron chi connectivity index (χ3n) is 7.65. The minimum Gasteiger partial charge on any atom is -0.497 e. The predicted molar refractivity (Wildman–Crippen MR) is 171 cm³/mol. The summed E-state index contributed by atoms with van der Waals surface area (Å²) in [5, 5.41) is 11.8. The summed E-state index contributed by atoms with van der Waals surface area (Å²) in [7, 11) is 1.43. The van der Waals surface area contributed by atoms with Crippen molar-refractivity contribution in [3.63, 3.8) is 0 Å². The molecule has 0 saturated carbocycles. The molecule has 0 bridgehead atoms. The predicted octanol–water partition coefficient (Wildman–Crippen LogP) is 4.84. The zero-order chi connectivity index (χ0) is 32.7. The largest absolute Gasteiger partial charge is 0.497 e. The van der Waals surface area contributed by atoms with Crippen molar-refractivity contribution in [3.05, 3.63) is 131 Å². The molecule has 0 radical (unpaired) electrons. The topological polar surface area (TPSA) is 145 Å². The van der Waals surface area contributed by atoms with E-state index in [1.807, 2.05) is 30.3 Å². The number of rotatable bonds is 8. The van der Waals surface area contributed by atoms with E-state index < -0.39 is 22.5 Å². The highest BCUT2D eigenvalue weighted by Crippen LogP contribution is 2.40. The lowest BCUT2D eigenvalue weighted by Crippen LogP contribution is -2.40. The van der Waals surface area contributed by atoms with E-state index in [4.69, 9.17) is 28.4 Å². The van der Waals surface area contributed by atoms with Crippen LogP contribution in [-0.2, 0) is 9.53 Å². The number of esters is 1. The highest BCUT2D eigenvalue weighted by atomic mass is 32.1. The Labute approximate surface area is 270 Å². The Balaban J connectivity index is 1.41. The van der Waals surface area contributed by atoms with Crippen molar-refractivity contribution < 1.29 is 33.1 Å². The molecule has 236 valence electrons. The summed E-state index contributed by atoms with van der Waals surface area (Å²) in [6, 6.07) is 21.3. The van der Waals surface area contributed by atoms with Gasteiger partial charge in [-0.2, -0.15) is 0 Å². The molecule has 0 fully saturated rings.